The van der Waals surface area contributed by atoms with Crippen molar-refractivity contribution < 1.29 is 33.3 Å². The number of hydrogen-bond donors (Lipinski definition) is 3. The summed E-state index contributed by atoms with van der Waals surface area (Å²) in [6, 6.07) is 9.78. The fourth-order valence-corrected chi connectivity index (χ4v) is 5.32. The number of carbonyl (C=O) groups excluding carboxylic acids is 3. The van der Waals surface area contributed by atoms with Crippen molar-refractivity contribution in [3.63, 3.8) is 0 Å². The summed E-state index contributed by atoms with van der Waals surface area (Å²) in [6.45, 7) is 3.09. The van der Waals surface area contributed by atoms with Crippen molar-refractivity contribution in [2.24, 2.45) is 5.10 Å². The number of nitrogens with one attached hydrogen (secondary N) is 3. The van der Waals surface area contributed by atoms with E-state index in [0.717, 1.165) is 0 Å². The van der Waals surface area contributed by atoms with Gasteiger partial charge < -0.3 is 29.6 Å². The van der Waals surface area contributed by atoms with Gasteiger partial charge >= 0.3 is 11.9 Å². The Labute approximate surface area is 252 Å². The van der Waals surface area contributed by atoms with Crippen LogP contribution in [-0.4, -0.2) is 56.1 Å². The molecule has 2 aromatic rings. The highest BCUT2D eigenvalue weighted by Crippen LogP contribution is 2.35. The maximum absolute atomic E-state index is 12.7. The lowest BCUT2D eigenvalue weighted by Gasteiger charge is -2.30. The molecule has 1 aliphatic heterocycles. The number of esters is 2. The SMILES string of the molecule is CCOC(=O)C1=C(C)NC(=S)N[C@@H]1c1ccccc1OCC(=O)NN=Cc1cc(Br)c(OCC(=O)OC)c(Br)c1. The van der Waals surface area contributed by atoms with Gasteiger partial charge in [0.15, 0.2) is 18.3 Å². The van der Waals surface area contributed by atoms with E-state index in [2.05, 4.69) is 57.8 Å². The maximum Gasteiger partial charge on any atom is 0.343 e. The Bertz CT molecular complexity index is 1340. The highest BCUT2D eigenvalue weighted by atomic mass is 79.9. The van der Waals surface area contributed by atoms with Crippen LogP contribution in [0.1, 0.15) is 31.0 Å². The first-order valence-corrected chi connectivity index (χ1v) is 13.8. The smallest absolute Gasteiger partial charge is 0.343 e. The van der Waals surface area contributed by atoms with Crippen LogP contribution < -0.4 is 25.5 Å². The van der Waals surface area contributed by atoms with Gasteiger partial charge in [0.1, 0.15) is 11.5 Å². The summed E-state index contributed by atoms with van der Waals surface area (Å²) < 4.78 is 22.2. The number of methoxy groups -OCH3 is 1. The summed E-state index contributed by atoms with van der Waals surface area (Å²) in [5.74, 6) is -0.713. The molecule has 0 spiro atoms. The Balaban J connectivity index is 1.66. The van der Waals surface area contributed by atoms with Crippen LogP contribution in [0.5, 0.6) is 11.5 Å². The standard InChI is InChI=1S/C26H26Br2N4O7S/c1-4-37-25(35)22-14(2)30-26(40)31-23(22)16-7-5-6-8-19(16)38-12-20(33)32-29-11-15-9-17(27)24(18(28)10-15)39-13-21(34)36-3/h5-11,23H,4,12-13H2,1-3H3,(H,32,33)(H2,30,31,40)/t23-/m1/s1. The lowest BCUT2D eigenvalue weighted by Crippen LogP contribution is -2.45. The van der Waals surface area contributed by atoms with Crippen LogP contribution in [0, 0.1) is 0 Å². The molecule has 40 heavy (non-hydrogen) atoms. The monoisotopic (exact) mass is 696 g/mol. The van der Waals surface area contributed by atoms with E-state index in [-0.39, 0.29) is 19.8 Å². The number of hydrazone groups is 1. The largest absolute Gasteiger partial charge is 0.483 e. The summed E-state index contributed by atoms with van der Waals surface area (Å²) in [7, 11) is 1.27. The van der Waals surface area contributed by atoms with Crippen molar-refractivity contribution in [3.05, 3.63) is 67.7 Å². The molecular formula is C26H26Br2N4O7S. The predicted octanol–water partition coefficient (Wildman–Crippen LogP) is 3.65. The molecule has 0 aliphatic carbocycles. The van der Waals surface area contributed by atoms with Gasteiger partial charge in [0.25, 0.3) is 5.91 Å². The van der Waals surface area contributed by atoms with E-state index in [1.165, 1.54) is 13.3 Å². The lowest BCUT2D eigenvalue weighted by molar-refractivity contribution is -0.143. The number of carbonyl (C=O) groups is 3. The van der Waals surface area contributed by atoms with E-state index in [0.29, 0.717) is 48.0 Å². The molecule has 11 nitrogen and oxygen atoms in total. The summed E-state index contributed by atoms with van der Waals surface area (Å²) in [6.07, 6.45) is 1.44. The predicted molar refractivity (Wildman–Crippen MR) is 158 cm³/mol. The van der Waals surface area contributed by atoms with E-state index in [9.17, 15) is 14.4 Å². The molecule has 1 aliphatic rings. The molecule has 3 N–H and O–H groups in total. The quantitative estimate of drug-likeness (QED) is 0.138. The third-order valence-electron chi connectivity index (χ3n) is 5.34. The number of amides is 1. The number of nitrogens with zero attached hydrogens (tertiary/aromatic N) is 1. The third kappa shape index (κ3) is 8.26. The zero-order chi connectivity index (χ0) is 29.2. The van der Waals surface area contributed by atoms with Gasteiger partial charge in [0.2, 0.25) is 0 Å². The number of halogens is 2. The second-order valence-corrected chi connectivity index (χ2v) is 10.2. The summed E-state index contributed by atoms with van der Waals surface area (Å²) in [4.78, 5) is 36.5. The van der Waals surface area contributed by atoms with Gasteiger partial charge in [-0.25, -0.2) is 15.0 Å². The van der Waals surface area contributed by atoms with Gasteiger partial charge in [-0.2, -0.15) is 5.10 Å². The van der Waals surface area contributed by atoms with Gasteiger partial charge in [0, 0.05) is 11.3 Å². The Morgan fingerprint density at radius 2 is 1.82 bits per heavy atom. The average Bonchev–Trinajstić information content (AvgIpc) is 2.91. The molecule has 0 fully saturated rings. The molecule has 1 amide bonds. The molecule has 212 valence electrons. The molecule has 0 radical (unpaired) electrons. The van der Waals surface area contributed by atoms with E-state index in [4.69, 9.17) is 26.4 Å². The van der Waals surface area contributed by atoms with Gasteiger partial charge in [-0.1, -0.05) is 18.2 Å². The third-order valence-corrected chi connectivity index (χ3v) is 6.74. The molecule has 2 aromatic carbocycles. The highest BCUT2D eigenvalue weighted by molar-refractivity contribution is 9.11. The number of ether oxygens (including phenoxy) is 4. The number of rotatable bonds is 11. The summed E-state index contributed by atoms with van der Waals surface area (Å²) in [5, 5.41) is 10.3. The van der Waals surface area contributed by atoms with Gasteiger partial charge in [-0.15, -0.1) is 0 Å². The lowest BCUT2D eigenvalue weighted by atomic mass is 9.95. The Morgan fingerprint density at radius 1 is 1.12 bits per heavy atom. The van der Waals surface area contributed by atoms with Crippen molar-refractivity contribution in [2.45, 2.75) is 19.9 Å². The second kappa shape index (κ2) is 14.8. The van der Waals surface area contributed by atoms with E-state index in [1.54, 1.807) is 50.2 Å². The van der Waals surface area contributed by atoms with Crippen LogP contribution >= 0.6 is 44.1 Å². The van der Waals surface area contributed by atoms with Gasteiger partial charge in [0.05, 0.1) is 40.5 Å². The van der Waals surface area contributed by atoms with Crippen LogP contribution in [0.3, 0.4) is 0 Å². The zero-order valence-corrected chi connectivity index (χ0v) is 25.7. The number of para-hydroxylation sites is 1. The zero-order valence-electron chi connectivity index (χ0n) is 21.7. The van der Waals surface area contributed by atoms with E-state index < -0.39 is 23.9 Å². The fraction of sp³-hybridized carbons (Fsp3) is 0.269. The first kappa shape index (κ1) is 31.0. The number of thiocarbonyl (C=S) groups is 1. The Kier molecular flexibility index (Phi) is 11.5. The van der Waals surface area contributed by atoms with Crippen LogP contribution in [0.15, 0.2) is 61.7 Å². The normalized spacial score (nSPS) is 14.7. The average molecular weight is 698 g/mol. The van der Waals surface area contributed by atoms with Crippen LogP contribution in [0.4, 0.5) is 0 Å². The summed E-state index contributed by atoms with van der Waals surface area (Å²) in [5.41, 5.74) is 4.58. The molecule has 1 heterocycles. The van der Waals surface area contributed by atoms with Crippen molar-refractivity contribution in [3.8, 4) is 11.5 Å². The summed E-state index contributed by atoms with van der Waals surface area (Å²) >= 11 is 12.1. The molecule has 1 atom stereocenters. The van der Waals surface area contributed by atoms with Gasteiger partial charge in [-0.3, -0.25) is 4.79 Å². The van der Waals surface area contributed by atoms with Crippen LogP contribution in [0.25, 0.3) is 0 Å². The molecule has 0 bridgehead atoms. The molecule has 14 heteroatoms. The van der Waals surface area contributed by atoms with Crippen LogP contribution in [-0.2, 0) is 23.9 Å². The second-order valence-electron chi connectivity index (χ2n) is 8.09. The Morgan fingerprint density at radius 3 is 2.50 bits per heavy atom. The molecule has 3 rings (SSSR count). The molecule has 0 aromatic heterocycles. The number of hydrogen-bond acceptors (Lipinski definition) is 9. The minimum atomic E-state index is -0.637. The van der Waals surface area contributed by atoms with E-state index in [1.807, 2.05) is 0 Å². The van der Waals surface area contributed by atoms with Crippen LogP contribution in [0.2, 0.25) is 0 Å². The number of allylic oxidation sites excluding steroid dienone is 1. The van der Waals surface area contributed by atoms with E-state index >= 15 is 0 Å². The maximum atomic E-state index is 12.7. The topological polar surface area (TPSA) is 137 Å². The molecule has 0 saturated carbocycles. The fourth-order valence-electron chi connectivity index (χ4n) is 3.59. The minimum absolute atomic E-state index is 0.215. The molecular weight excluding hydrogens is 672 g/mol. The first-order chi connectivity index (χ1) is 19.1. The van der Waals surface area contributed by atoms with Crippen molar-refractivity contribution in [1.82, 2.24) is 16.1 Å². The van der Waals surface area contributed by atoms with Crippen molar-refractivity contribution in [2.75, 3.05) is 26.9 Å². The molecule has 0 saturated heterocycles. The first-order valence-electron chi connectivity index (χ1n) is 11.8. The van der Waals surface area contributed by atoms with Gasteiger partial charge in [-0.05, 0) is 81.7 Å². The van der Waals surface area contributed by atoms with Crippen molar-refractivity contribution >= 4 is 73.3 Å². The van der Waals surface area contributed by atoms with Crippen molar-refractivity contribution in [1.29, 1.82) is 0 Å². The minimum Gasteiger partial charge on any atom is -0.483 e. The highest BCUT2D eigenvalue weighted by Gasteiger charge is 2.32. The molecule has 0 unspecified atom stereocenters. The number of benzene rings is 2. The Hall–Kier alpha value is -3.49.